The lowest BCUT2D eigenvalue weighted by molar-refractivity contribution is -0.137. The summed E-state index contributed by atoms with van der Waals surface area (Å²) in [6, 6.07) is 14.6. The van der Waals surface area contributed by atoms with Crippen LogP contribution in [0.2, 0.25) is 0 Å². The molecule has 9 heteroatoms. The number of methoxy groups -OCH3 is 2. The molecule has 0 saturated carbocycles. The fourth-order valence-electron chi connectivity index (χ4n) is 2.83. The average Bonchev–Trinajstić information content (AvgIpc) is 2.79. The number of carbonyl (C=O) groups excluding carboxylic acids is 1. The highest BCUT2D eigenvalue weighted by molar-refractivity contribution is 9.10. The number of ether oxygens (including phenoxy) is 3. The third-order valence-electron chi connectivity index (χ3n) is 4.46. The zero-order chi connectivity index (χ0) is 24.0. The van der Waals surface area contributed by atoms with Gasteiger partial charge >= 0.3 is 6.18 Å². The summed E-state index contributed by atoms with van der Waals surface area (Å²) >= 11 is 3.30. The Labute approximate surface area is 196 Å². The number of rotatable bonds is 7. The van der Waals surface area contributed by atoms with Crippen LogP contribution < -0.4 is 19.5 Å². The van der Waals surface area contributed by atoms with E-state index in [-0.39, 0.29) is 11.4 Å². The lowest BCUT2D eigenvalue weighted by atomic mass is 10.1. The molecule has 1 N–H and O–H groups in total. The highest BCUT2D eigenvalue weighted by Gasteiger charge is 2.31. The second kappa shape index (κ2) is 10.4. The number of benzene rings is 3. The quantitative estimate of drug-likeness (QED) is 0.342. The molecule has 0 spiro atoms. The number of carbonyl (C=O) groups is 1. The molecule has 0 unspecified atom stereocenters. The molecule has 3 aromatic rings. The maximum atomic E-state index is 13.2. The van der Waals surface area contributed by atoms with Gasteiger partial charge in [0.05, 0.1) is 25.5 Å². The van der Waals surface area contributed by atoms with Crippen LogP contribution in [0.3, 0.4) is 0 Å². The Balaban J connectivity index is 1.88. The highest BCUT2D eigenvalue weighted by atomic mass is 79.9. The Bertz CT molecular complexity index is 1160. The van der Waals surface area contributed by atoms with Crippen molar-refractivity contribution in [2.45, 2.75) is 6.18 Å². The van der Waals surface area contributed by atoms with Crippen LogP contribution in [0, 0.1) is 0 Å². The summed E-state index contributed by atoms with van der Waals surface area (Å²) in [5.41, 5.74) is -0.484. The first-order chi connectivity index (χ1) is 15.7. The van der Waals surface area contributed by atoms with Crippen molar-refractivity contribution < 1.29 is 32.2 Å². The van der Waals surface area contributed by atoms with Gasteiger partial charge in [0.25, 0.3) is 0 Å². The average molecular weight is 522 g/mol. The number of halogens is 4. The maximum Gasteiger partial charge on any atom is 0.416 e. The summed E-state index contributed by atoms with van der Waals surface area (Å²) in [5.74, 6) is 0.855. The van der Waals surface area contributed by atoms with Crippen molar-refractivity contribution in [3.8, 4) is 23.0 Å². The molecule has 0 fully saturated rings. The molecule has 0 heterocycles. The number of anilines is 1. The molecular weight excluding hydrogens is 503 g/mol. The van der Waals surface area contributed by atoms with Crippen LogP contribution >= 0.6 is 15.9 Å². The van der Waals surface area contributed by atoms with Gasteiger partial charge < -0.3 is 19.5 Å². The van der Waals surface area contributed by atoms with Crippen molar-refractivity contribution in [3.63, 3.8) is 0 Å². The third kappa shape index (κ3) is 6.52. The Hall–Kier alpha value is -3.46. The van der Waals surface area contributed by atoms with E-state index in [1.165, 1.54) is 26.4 Å². The van der Waals surface area contributed by atoms with Crippen LogP contribution in [-0.2, 0) is 11.0 Å². The molecular formula is C24H19BrF3NO4. The van der Waals surface area contributed by atoms with Crippen LogP contribution in [0.25, 0.3) is 6.08 Å². The van der Waals surface area contributed by atoms with Crippen molar-refractivity contribution >= 4 is 33.6 Å². The monoisotopic (exact) mass is 521 g/mol. The Morgan fingerprint density at radius 1 is 0.909 bits per heavy atom. The van der Waals surface area contributed by atoms with E-state index in [1.54, 1.807) is 42.5 Å². The van der Waals surface area contributed by atoms with Crippen molar-refractivity contribution in [2.75, 3.05) is 19.5 Å². The van der Waals surface area contributed by atoms with Gasteiger partial charge in [0.15, 0.2) is 5.75 Å². The number of hydrogen-bond acceptors (Lipinski definition) is 4. The molecule has 0 bridgehead atoms. The zero-order valence-electron chi connectivity index (χ0n) is 17.6. The molecule has 172 valence electrons. The van der Waals surface area contributed by atoms with Crippen LogP contribution in [-0.4, -0.2) is 20.1 Å². The second-order valence-corrected chi connectivity index (χ2v) is 7.61. The summed E-state index contributed by atoms with van der Waals surface area (Å²) in [6.45, 7) is 0. The maximum absolute atomic E-state index is 13.2. The van der Waals surface area contributed by atoms with Gasteiger partial charge in [0.1, 0.15) is 17.2 Å². The topological polar surface area (TPSA) is 56.8 Å². The minimum absolute atomic E-state index is 0.0611. The van der Waals surface area contributed by atoms with Gasteiger partial charge in [-0.25, -0.2) is 0 Å². The van der Waals surface area contributed by atoms with Gasteiger partial charge in [-0.2, -0.15) is 13.2 Å². The number of amides is 1. The van der Waals surface area contributed by atoms with E-state index in [0.29, 0.717) is 22.8 Å². The van der Waals surface area contributed by atoms with Crippen molar-refractivity contribution in [3.05, 3.63) is 82.3 Å². The summed E-state index contributed by atoms with van der Waals surface area (Å²) in [5, 5.41) is 2.46. The Kier molecular flexibility index (Phi) is 7.65. The zero-order valence-corrected chi connectivity index (χ0v) is 19.2. The van der Waals surface area contributed by atoms with Gasteiger partial charge in [0.2, 0.25) is 5.91 Å². The predicted molar refractivity (Wildman–Crippen MR) is 123 cm³/mol. The molecule has 3 aromatic carbocycles. The molecule has 0 atom stereocenters. The van der Waals surface area contributed by atoms with Crippen LogP contribution in [0.4, 0.5) is 18.9 Å². The number of alkyl halides is 3. The first-order valence-electron chi connectivity index (χ1n) is 9.55. The number of hydrogen-bond donors (Lipinski definition) is 1. The van der Waals surface area contributed by atoms with Crippen LogP contribution in [0.5, 0.6) is 23.0 Å². The largest absolute Gasteiger partial charge is 0.497 e. The molecule has 0 radical (unpaired) electrons. The molecule has 0 aliphatic carbocycles. The molecule has 33 heavy (non-hydrogen) atoms. The minimum Gasteiger partial charge on any atom is -0.497 e. The van der Waals surface area contributed by atoms with Crippen LogP contribution in [0.15, 0.2) is 71.2 Å². The molecule has 0 aliphatic heterocycles. The lowest BCUT2D eigenvalue weighted by Gasteiger charge is -2.15. The SMILES string of the molecule is COc1ccc(OC)c(C=CC(=O)Nc2cc(C(F)(F)F)ccc2Oc2ccc(Br)cc2)c1. The fourth-order valence-corrected chi connectivity index (χ4v) is 3.10. The summed E-state index contributed by atoms with van der Waals surface area (Å²) in [4.78, 5) is 12.5. The lowest BCUT2D eigenvalue weighted by Crippen LogP contribution is -2.11. The minimum atomic E-state index is -4.58. The standard InChI is InChI=1S/C24H19BrF3NO4/c1-31-19-9-11-21(32-2)15(13-19)3-12-23(30)29-20-14-16(24(26,27)28)4-10-22(20)33-18-7-5-17(25)6-8-18/h3-14H,1-2H3,(H,29,30). The van der Waals surface area contributed by atoms with Crippen molar-refractivity contribution in [2.24, 2.45) is 0 Å². The van der Waals surface area contributed by atoms with E-state index in [1.807, 2.05) is 0 Å². The first kappa shape index (κ1) is 24.2. The van der Waals surface area contributed by atoms with Gasteiger partial charge in [0, 0.05) is 16.1 Å². The molecule has 0 aromatic heterocycles. The van der Waals surface area contributed by atoms with E-state index < -0.39 is 17.6 Å². The summed E-state index contributed by atoms with van der Waals surface area (Å²) in [7, 11) is 2.98. The van der Waals surface area contributed by atoms with E-state index in [2.05, 4.69) is 21.2 Å². The van der Waals surface area contributed by atoms with Gasteiger partial charge in [-0.05, 0) is 66.7 Å². The van der Waals surface area contributed by atoms with Gasteiger partial charge in [-0.3, -0.25) is 4.79 Å². The molecule has 1 amide bonds. The molecule has 5 nitrogen and oxygen atoms in total. The molecule has 0 saturated heterocycles. The van der Waals surface area contributed by atoms with Gasteiger partial charge in [-0.1, -0.05) is 15.9 Å². The smallest absolute Gasteiger partial charge is 0.416 e. The summed E-state index contributed by atoms with van der Waals surface area (Å²) in [6.07, 6.45) is -1.93. The van der Waals surface area contributed by atoms with E-state index >= 15 is 0 Å². The van der Waals surface area contributed by atoms with Gasteiger partial charge in [-0.15, -0.1) is 0 Å². The van der Waals surface area contributed by atoms with Crippen LogP contribution in [0.1, 0.15) is 11.1 Å². The number of nitrogens with one attached hydrogen (secondary N) is 1. The van der Waals surface area contributed by atoms with Crippen molar-refractivity contribution in [1.29, 1.82) is 0 Å². The van der Waals surface area contributed by atoms with E-state index in [9.17, 15) is 18.0 Å². The van der Waals surface area contributed by atoms with E-state index in [4.69, 9.17) is 14.2 Å². The first-order valence-corrected chi connectivity index (χ1v) is 10.3. The Morgan fingerprint density at radius 2 is 1.58 bits per heavy atom. The Morgan fingerprint density at radius 3 is 2.21 bits per heavy atom. The molecule has 3 rings (SSSR count). The molecule has 0 aliphatic rings. The fraction of sp³-hybridized carbons (Fsp3) is 0.125. The van der Waals surface area contributed by atoms with Crippen molar-refractivity contribution in [1.82, 2.24) is 0 Å². The summed E-state index contributed by atoms with van der Waals surface area (Å²) < 4.78 is 56.6. The second-order valence-electron chi connectivity index (χ2n) is 6.70. The van der Waals surface area contributed by atoms with E-state index in [0.717, 1.165) is 22.7 Å². The third-order valence-corrected chi connectivity index (χ3v) is 4.99. The predicted octanol–water partition coefficient (Wildman–Crippen LogP) is 6.93. The normalized spacial score (nSPS) is 11.3. The highest BCUT2D eigenvalue weighted by Crippen LogP contribution is 2.37.